The number of ether oxygens (including phenoxy) is 1. The van der Waals surface area contributed by atoms with E-state index in [0.29, 0.717) is 5.92 Å². The van der Waals surface area contributed by atoms with Gasteiger partial charge in [0, 0.05) is 19.0 Å². The van der Waals surface area contributed by atoms with E-state index in [2.05, 4.69) is 36.7 Å². The first kappa shape index (κ1) is 14.2. The molecule has 0 amide bonds. The molecule has 0 aromatic rings. The SMILES string of the molecule is CC(C)CNCCOCCN(C)CS. The first-order valence-electron chi connectivity index (χ1n) is 5.24. The Labute approximate surface area is 93.6 Å². The van der Waals surface area contributed by atoms with Gasteiger partial charge in [-0.3, -0.25) is 4.90 Å². The molecule has 0 saturated heterocycles. The Morgan fingerprint density at radius 1 is 1.36 bits per heavy atom. The van der Waals surface area contributed by atoms with Crippen LogP contribution in [-0.4, -0.2) is 50.7 Å². The van der Waals surface area contributed by atoms with E-state index >= 15 is 0 Å². The second kappa shape index (κ2) is 9.77. The van der Waals surface area contributed by atoms with Crippen LogP contribution in [0.2, 0.25) is 0 Å². The second-order valence-electron chi connectivity index (χ2n) is 3.93. The fourth-order valence-corrected chi connectivity index (χ4v) is 1.07. The summed E-state index contributed by atoms with van der Waals surface area (Å²) < 4.78 is 5.45. The van der Waals surface area contributed by atoms with E-state index < -0.39 is 0 Å². The molecule has 0 radical (unpaired) electrons. The Kier molecular flexibility index (Phi) is 9.93. The minimum absolute atomic E-state index is 0.713. The number of hydrogen-bond acceptors (Lipinski definition) is 4. The number of rotatable bonds is 9. The average molecular weight is 220 g/mol. The molecule has 0 aliphatic carbocycles. The highest BCUT2D eigenvalue weighted by Crippen LogP contribution is 1.87. The Morgan fingerprint density at radius 3 is 2.64 bits per heavy atom. The van der Waals surface area contributed by atoms with Crippen molar-refractivity contribution >= 4 is 12.6 Å². The van der Waals surface area contributed by atoms with Gasteiger partial charge in [-0.2, -0.15) is 12.6 Å². The van der Waals surface area contributed by atoms with Crippen molar-refractivity contribution in [2.45, 2.75) is 13.8 Å². The van der Waals surface area contributed by atoms with E-state index in [1.807, 2.05) is 7.05 Å². The van der Waals surface area contributed by atoms with Crippen LogP contribution >= 0.6 is 12.6 Å². The number of thiol groups is 1. The third kappa shape index (κ3) is 10.3. The molecule has 0 aromatic heterocycles. The maximum Gasteiger partial charge on any atom is 0.0594 e. The van der Waals surface area contributed by atoms with Crippen LogP contribution in [0.5, 0.6) is 0 Å². The lowest BCUT2D eigenvalue weighted by atomic mass is 10.2. The van der Waals surface area contributed by atoms with Gasteiger partial charge in [0.1, 0.15) is 0 Å². The maximum absolute atomic E-state index is 5.45. The summed E-state index contributed by atoms with van der Waals surface area (Å²) in [4.78, 5) is 2.12. The van der Waals surface area contributed by atoms with Gasteiger partial charge in [0.05, 0.1) is 13.2 Å². The quantitative estimate of drug-likeness (QED) is 0.345. The van der Waals surface area contributed by atoms with Crippen molar-refractivity contribution in [2.75, 3.05) is 45.8 Å². The third-order valence-corrected chi connectivity index (χ3v) is 2.32. The average Bonchev–Trinajstić information content (AvgIpc) is 2.15. The Hall–Kier alpha value is 0.230. The summed E-state index contributed by atoms with van der Waals surface area (Å²) in [5.74, 6) is 1.50. The topological polar surface area (TPSA) is 24.5 Å². The van der Waals surface area contributed by atoms with E-state index in [-0.39, 0.29) is 0 Å². The van der Waals surface area contributed by atoms with Crippen LogP contribution < -0.4 is 5.32 Å². The van der Waals surface area contributed by atoms with Gasteiger partial charge in [0.15, 0.2) is 0 Å². The van der Waals surface area contributed by atoms with Crippen molar-refractivity contribution in [1.29, 1.82) is 0 Å². The molecule has 0 spiro atoms. The van der Waals surface area contributed by atoms with Crippen LogP contribution in [0.25, 0.3) is 0 Å². The first-order valence-corrected chi connectivity index (χ1v) is 5.88. The molecule has 14 heavy (non-hydrogen) atoms. The highest BCUT2D eigenvalue weighted by atomic mass is 32.1. The van der Waals surface area contributed by atoms with Crippen LogP contribution in [0, 0.1) is 5.92 Å². The van der Waals surface area contributed by atoms with E-state index in [0.717, 1.165) is 38.7 Å². The van der Waals surface area contributed by atoms with Gasteiger partial charge < -0.3 is 10.1 Å². The molecule has 0 fully saturated rings. The number of nitrogens with one attached hydrogen (secondary N) is 1. The zero-order chi connectivity index (χ0) is 10.8. The van der Waals surface area contributed by atoms with Crippen molar-refractivity contribution in [2.24, 2.45) is 5.92 Å². The van der Waals surface area contributed by atoms with Crippen LogP contribution in [0.3, 0.4) is 0 Å². The Morgan fingerprint density at radius 2 is 2.07 bits per heavy atom. The molecule has 0 rings (SSSR count). The van der Waals surface area contributed by atoms with Gasteiger partial charge in [-0.05, 0) is 19.5 Å². The maximum atomic E-state index is 5.45. The highest BCUT2D eigenvalue weighted by Gasteiger charge is 1.95. The molecule has 0 aliphatic rings. The summed E-state index contributed by atoms with van der Waals surface area (Å²) in [6.45, 7) is 8.97. The summed E-state index contributed by atoms with van der Waals surface area (Å²) in [6.07, 6.45) is 0. The summed E-state index contributed by atoms with van der Waals surface area (Å²) in [7, 11) is 2.04. The van der Waals surface area contributed by atoms with Crippen molar-refractivity contribution in [1.82, 2.24) is 10.2 Å². The van der Waals surface area contributed by atoms with Gasteiger partial charge >= 0.3 is 0 Å². The van der Waals surface area contributed by atoms with Crippen LogP contribution in [-0.2, 0) is 4.74 Å². The lowest BCUT2D eigenvalue weighted by Crippen LogP contribution is -2.26. The monoisotopic (exact) mass is 220 g/mol. The predicted molar refractivity (Wildman–Crippen MR) is 65.0 cm³/mol. The molecule has 0 saturated carbocycles. The van der Waals surface area contributed by atoms with Gasteiger partial charge in [-0.1, -0.05) is 13.8 Å². The fraction of sp³-hybridized carbons (Fsp3) is 1.00. The molecular weight excluding hydrogens is 196 g/mol. The Balaban J connectivity index is 2.99. The summed E-state index contributed by atoms with van der Waals surface area (Å²) in [5, 5.41) is 3.33. The summed E-state index contributed by atoms with van der Waals surface area (Å²) in [6, 6.07) is 0. The highest BCUT2D eigenvalue weighted by molar-refractivity contribution is 7.80. The molecule has 1 N–H and O–H groups in total. The smallest absolute Gasteiger partial charge is 0.0594 e. The minimum Gasteiger partial charge on any atom is -0.379 e. The largest absolute Gasteiger partial charge is 0.379 e. The molecule has 3 nitrogen and oxygen atoms in total. The van der Waals surface area contributed by atoms with Crippen molar-refractivity contribution in [3.8, 4) is 0 Å². The lowest BCUT2D eigenvalue weighted by molar-refractivity contribution is 0.117. The lowest BCUT2D eigenvalue weighted by Gasteiger charge is -2.13. The zero-order valence-electron chi connectivity index (χ0n) is 9.62. The summed E-state index contributed by atoms with van der Waals surface area (Å²) >= 11 is 4.15. The molecule has 86 valence electrons. The predicted octanol–water partition coefficient (Wildman–Crippen LogP) is 1.07. The van der Waals surface area contributed by atoms with Crippen molar-refractivity contribution < 1.29 is 4.74 Å². The van der Waals surface area contributed by atoms with Gasteiger partial charge in [0.25, 0.3) is 0 Å². The minimum atomic E-state index is 0.713. The van der Waals surface area contributed by atoms with E-state index in [1.165, 1.54) is 0 Å². The second-order valence-corrected chi connectivity index (χ2v) is 4.21. The number of nitrogens with zero attached hydrogens (tertiary/aromatic N) is 1. The normalized spacial score (nSPS) is 11.6. The van der Waals surface area contributed by atoms with Crippen LogP contribution in [0.15, 0.2) is 0 Å². The third-order valence-electron chi connectivity index (χ3n) is 1.83. The first-order chi connectivity index (χ1) is 6.66. The van der Waals surface area contributed by atoms with Crippen LogP contribution in [0.4, 0.5) is 0 Å². The fourth-order valence-electron chi connectivity index (χ4n) is 0.928. The summed E-state index contributed by atoms with van der Waals surface area (Å²) in [5.41, 5.74) is 0. The molecule has 0 heterocycles. The van der Waals surface area contributed by atoms with E-state index in [4.69, 9.17) is 4.74 Å². The van der Waals surface area contributed by atoms with Crippen LogP contribution in [0.1, 0.15) is 13.8 Å². The number of likely N-dealkylation sites (N-methyl/N-ethyl adjacent to an activating group) is 1. The van der Waals surface area contributed by atoms with Gasteiger partial charge in [-0.15, -0.1) is 0 Å². The molecule has 0 aliphatic heterocycles. The molecule has 0 atom stereocenters. The molecule has 0 bridgehead atoms. The Bertz CT molecular complexity index is 123. The van der Waals surface area contributed by atoms with Crippen molar-refractivity contribution in [3.63, 3.8) is 0 Å². The van der Waals surface area contributed by atoms with Crippen molar-refractivity contribution in [3.05, 3.63) is 0 Å². The zero-order valence-corrected chi connectivity index (χ0v) is 10.5. The molecular formula is C10H24N2OS. The van der Waals surface area contributed by atoms with E-state index in [1.54, 1.807) is 0 Å². The molecule has 4 heteroatoms. The van der Waals surface area contributed by atoms with Gasteiger partial charge in [0.2, 0.25) is 0 Å². The molecule has 0 aromatic carbocycles. The number of hydrogen-bond donors (Lipinski definition) is 2. The van der Waals surface area contributed by atoms with E-state index in [9.17, 15) is 0 Å². The van der Waals surface area contributed by atoms with Gasteiger partial charge in [-0.25, -0.2) is 0 Å². The molecule has 0 unspecified atom stereocenters. The standard InChI is InChI=1S/C10H24N2OS/c1-10(2)8-11-4-6-13-7-5-12(3)9-14/h10-11,14H,4-9H2,1-3H3.